The van der Waals surface area contributed by atoms with Crippen molar-refractivity contribution in [1.82, 2.24) is 20.4 Å². The lowest BCUT2D eigenvalue weighted by Gasteiger charge is -2.21. The summed E-state index contributed by atoms with van der Waals surface area (Å²) in [6.45, 7) is 1.70. The van der Waals surface area contributed by atoms with Crippen LogP contribution in [0.4, 0.5) is 0 Å². The van der Waals surface area contributed by atoms with E-state index in [1.54, 1.807) is 6.26 Å². The van der Waals surface area contributed by atoms with Crippen LogP contribution in [0.1, 0.15) is 53.8 Å². The molecule has 1 aliphatic carbocycles. The first-order chi connectivity index (χ1) is 12.6. The Morgan fingerprint density at radius 1 is 1.31 bits per heavy atom. The lowest BCUT2D eigenvalue weighted by molar-refractivity contribution is 0.0937. The Kier molecular flexibility index (Phi) is 4.86. The van der Waals surface area contributed by atoms with E-state index in [1.165, 1.54) is 0 Å². The Labute approximate surface area is 154 Å². The number of benzene rings is 1. The molecule has 26 heavy (non-hydrogen) atoms. The Morgan fingerprint density at radius 2 is 2.08 bits per heavy atom. The van der Waals surface area contributed by atoms with Crippen molar-refractivity contribution in [2.45, 2.75) is 49.2 Å². The Hall–Kier alpha value is -2.06. The van der Waals surface area contributed by atoms with Crippen molar-refractivity contribution in [3.05, 3.63) is 41.5 Å². The maximum Gasteiger partial charge on any atom is 0.292 e. The van der Waals surface area contributed by atoms with Crippen molar-refractivity contribution in [1.29, 1.82) is 0 Å². The molecule has 7 nitrogen and oxygen atoms in total. The van der Waals surface area contributed by atoms with Crippen LogP contribution < -0.4 is 5.32 Å². The fourth-order valence-corrected chi connectivity index (χ4v) is 3.78. The third kappa shape index (κ3) is 3.86. The molecular formula is C18H22N4O3S. The molecule has 138 valence electrons. The van der Waals surface area contributed by atoms with Gasteiger partial charge in [0.1, 0.15) is 0 Å². The monoisotopic (exact) mass is 374 g/mol. The highest BCUT2D eigenvalue weighted by atomic mass is 32.2. The van der Waals surface area contributed by atoms with Crippen LogP contribution in [0.2, 0.25) is 0 Å². The highest BCUT2D eigenvalue weighted by molar-refractivity contribution is 7.84. The van der Waals surface area contributed by atoms with Crippen LogP contribution in [0.3, 0.4) is 0 Å². The quantitative estimate of drug-likeness (QED) is 0.832. The molecule has 1 aromatic heterocycles. The number of hydrogen-bond acceptors (Lipinski definition) is 6. The third-order valence-electron chi connectivity index (χ3n) is 4.85. The van der Waals surface area contributed by atoms with Crippen LogP contribution in [0.25, 0.3) is 0 Å². The van der Waals surface area contributed by atoms with Gasteiger partial charge in [-0.05, 0) is 49.9 Å². The zero-order chi connectivity index (χ0) is 18.1. The fraction of sp³-hybridized carbons (Fsp3) is 0.500. The molecule has 2 heterocycles. The van der Waals surface area contributed by atoms with Crippen molar-refractivity contribution in [3.63, 3.8) is 0 Å². The number of hydrogen-bond donors (Lipinski definition) is 1. The predicted octanol–water partition coefficient (Wildman–Crippen LogP) is 2.04. The Morgan fingerprint density at radius 3 is 2.77 bits per heavy atom. The van der Waals surface area contributed by atoms with Gasteiger partial charge in [0.05, 0.1) is 6.04 Å². The topological polar surface area (TPSA) is 88.3 Å². The maximum absolute atomic E-state index is 12.0. The minimum atomic E-state index is -0.964. The molecule has 2 fully saturated rings. The van der Waals surface area contributed by atoms with E-state index in [9.17, 15) is 9.00 Å². The molecule has 2 atom stereocenters. The third-order valence-corrected chi connectivity index (χ3v) is 5.78. The average Bonchev–Trinajstić information content (AvgIpc) is 3.11. The van der Waals surface area contributed by atoms with E-state index in [-0.39, 0.29) is 23.8 Å². The number of carbonyl (C=O) groups is 1. The number of aromatic nitrogens is 2. The molecule has 1 aromatic carbocycles. The second kappa shape index (κ2) is 7.28. The van der Waals surface area contributed by atoms with E-state index in [0.29, 0.717) is 5.89 Å². The number of rotatable bonds is 6. The number of amides is 1. The van der Waals surface area contributed by atoms with Gasteiger partial charge in [-0.2, -0.15) is 4.98 Å². The maximum atomic E-state index is 12.0. The first kappa shape index (κ1) is 17.4. The molecule has 0 radical (unpaired) electrons. The smallest absolute Gasteiger partial charge is 0.292 e. The molecule has 0 spiro atoms. The number of carbonyl (C=O) groups excluding carboxylic acids is 1. The van der Waals surface area contributed by atoms with E-state index in [1.807, 2.05) is 24.3 Å². The van der Waals surface area contributed by atoms with Crippen LogP contribution in [0, 0.1) is 0 Å². The molecule has 1 saturated heterocycles. The second-order valence-corrected chi connectivity index (χ2v) is 8.31. The molecule has 0 unspecified atom stereocenters. The molecule has 1 amide bonds. The molecule has 0 bridgehead atoms. The molecule has 4 rings (SSSR count). The number of nitrogens with one attached hydrogen (secondary N) is 1. The van der Waals surface area contributed by atoms with E-state index in [4.69, 9.17) is 4.52 Å². The molecular weight excluding hydrogens is 352 g/mol. The van der Waals surface area contributed by atoms with Crippen LogP contribution in [0.15, 0.2) is 33.7 Å². The first-order valence-corrected chi connectivity index (χ1v) is 10.5. The summed E-state index contributed by atoms with van der Waals surface area (Å²) in [4.78, 5) is 19.5. The van der Waals surface area contributed by atoms with Crippen molar-refractivity contribution in [3.8, 4) is 0 Å². The number of nitrogens with zero attached hydrogens (tertiary/aromatic N) is 3. The molecule has 1 saturated carbocycles. The fourth-order valence-electron chi connectivity index (χ4n) is 3.26. The first-order valence-electron chi connectivity index (χ1n) is 8.91. The molecule has 8 heteroatoms. The van der Waals surface area contributed by atoms with Crippen LogP contribution in [-0.2, 0) is 17.3 Å². The van der Waals surface area contributed by atoms with Crippen LogP contribution >= 0.6 is 0 Å². The van der Waals surface area contributed by atoms with Crippen molar-refractivity contribution in [2.75, 3.05) is 12.8 Å². The van der Waals surface area contributed by atoms with Gasteiger partial charge in [-0.25, -0.2) is 0 Å². The zero-order valence-corrected chi connectivity index (χ0v) is 15.5. The van der Waals surface area contributed by atoms with Gasteiger partial charge in [0.2, 0.25) is 5.89 Å². The van der Waals surface area contributed by atoms with Crippen LogP contribution in [-0.4, -0.2) is 44.0 Å². The van der Waals surface area contributed by atoms with E-state index in [2.05, 4.69) is 20.4 Å². The largest absolute Gasteiger partial charge is 0.346 e. The van der Waals surface area contributed by atoms with Gasteiger partial charge in [0.25, 0.3) is 11.7 Å². The minimum absolute atomic E-state index is 0.0324. The molecule has 2 aromatic rings. The highest BCUT2D eigenvalue weighted by Crippen LogP contribution is 2.32. The summed E-state index contributed by atoms with van der Waals surface area (Å²) in [6.07, 6.45) is 5.71. The summed E-state index contributed by atoms with van der Waals surface area (Å²) in [5, 5.41) is 6.73. The summed E-state index contributed by atoms with van der Waals surface area (Å²) in [7, 11) is -0.964. The van der Waals surface area contributed by atoms with Gasteiger partial charge in [-0.15, -0.1) is 0 Å². The molecule has 1 N–H and O–H groups in total. The molecule has 1 aliphatic heterocycles. The summed E-state index contributed by atoms with van der Waals surface area (Å²) >= 11 is 0. The van der Waals surface area contributed by atoms with Crippen molar-refractivity contribution in [2.24, 2.45) is 0 Å². The standard InChI is InChI=1S/C18H22N4O3S/c1-26(24)14-8-4-12(5-9-14)11-22-10-2-3-15(22)18-20-16(21-25-18)17(23)19-13-6-7-13/h4-5,8-9,13,15H,2-3,6-7,10-11H2,1H3,(H,19,23)/t15-,26+/m0/s1. The van der Waals surface area contributed by atoms with Gasteiger partial charge >= 0.3 is 0 Å². The van der Waals surface area contributed by atoms with E-state index in [0.717, 1.165) is 49.2 Å². The Bertz CT molecular complexity index is 816. The minimum Gasteiger partial charge on any atom is -0.346 e. The lowest BCUT2D eigenvalue weighted by atomic mass is 10.2. The van der Waals surface area contributed by atoms with Crippen LogP contribution in [0.5, 0.6) is 0 Å². The summed E-state index contributed by atoms with van der Waals surface area (Å²) in [5.74, 6) is 0.374. The Balaban J connectivity index is 1.43. The van der Waals surface area contributed by atoms with Gasteiger partial charge in [-0.1, -0.05) is 17.3 Å². The summed E-state index contributed by atoms with van der Waals surface area (Å²) in [5.41, 5.74) is 1.15. The lowest BCUT2D eigenvalue weighted by Crippen LogP contribution is -2.27. The summed E-state index contributed by atoms with van der Waals surface area (Å²) in [6, 6.07) is 8.13. The predicted molar refractivity (Wildman–Crippen MR) is 95.9 cm³/mol. The normalized spacial score (nSPS) is 21.7. The van der Waals surface area contributed by atoms with Crippen molar-refractivity contribution >= 4 is 16.7 Å². The SMILES string of the molecule is C[S@@](=O)c1ccc(CN2CCC[C@H]2c2nc(C(=O)NC3CC3)no2)cc1. The number of likely N-dealkylation sites (tertiary alicyclic amines) is 1. The van der Waals surface area contributed by atoms with Gasteiger partial charge in [0.15, 0.2) is 0 Å². The van der Waals surface area contributed by atoms with Gasteiger partial charge in [-0.3, -0.25) is 13.9 Å². The van der Waals surface area contributed by atoms with Crippen molar-refractivity contribution < 1.29 is 13.5 Å². The summed E-state index contributed by atoms with van der Waals surface area (Å²) < 4.78 is 16.9. The van der Waals surface area contributed by atoms with E-state index >= 15 is 0 Å². The average molecular weight is 374 g/mol. The zero-order valence-electron chi connectivity index (χ0n) is 14.7. The highest BCUT2D eigenvalue weighted by Gasteiger charge is 2.32. The molecule has 2 aliphatic rings. The van der Waals surface area contributed by atoms with Gasteiger partial charge < -0.3 is 9.84 Å². The second-order valence-electron chi connectivity index (χ2n) is 6.93. The van der Waals surface area contributed by atoms with Gasteiger partial charge in [0, 0.05) is 34.5 Å². The van der Waals surface area contributed by atoms with E-state index < -0.39 is 10.8 Å².